The van der Waals surface area contributed by atoms with Gasteiger partial charge in [0.1, 0.15) is 12.0 Å². The fourth-order valence-corrected chi connectivity index (χ4v) is 1.94. The zero-order chi connectivity index (χ0) is 13.4. The molecular weight excluding hydrogens is 224 g/mol. The predicted octanol–water partition coefficient (Wildman–Crippen LogP) is 4.01. The summed E-state index contributed by atoms with van der Waals surface area (Å²) in [4.78, 5) is 10.4. The maximum atomic E-state index is 10.4. The predicted molar refractivity (Wildman–Crippen MR) is 76.2 cm³/mol. The molecule has 2 rings (SSSR count). The highest BCUT2D eigenvalue weighted by Crippen LogP contribution is 2.28. The maximum absolute atomic E-state index is 10.4. The van der Waals surface area contributed by atoms with E-state index in [1.165, 1.54) is 10.9 Å². The Hall–Kier alpha value is -1.83. The van der Waals surface area contributed by atoms with Crippen molar-refractivity contribution in [2.45, 2.75) is 26.7 Å². The van der Waals surface area contributed by atoms with Crippen molar-refractivity contribution in [1.29, 1.82) is 0 Å². The van der Waals surface area contributed by atoms with Crippen LogP contribution in [0.4, 0.5) is 0 Å². The lowest BCUT2D eigenvalue weighted by Crippen LogP contribution is -1.91. The lowest BCUT2D eigenvalue weighted by Gasteiger charge is -2.09. The molecule has 0 aliphatic carbocycles. The SMILES string of the molecule is CC.COc1ccc(CCC=O)c2ccccc12. The topological polar surface area (TPSA) is 26.3 Å². The van der Waals surface area contributed by atoms with Crippen LogP contribution in [0.1, 0.15) is 25.8 Å². The summed E-state index contributed by atoms with van der Waals surface area (Å²) in [5.41, 5.74) is 1.20. The van der Waals surface area contributed by atoms with Gasteiger partial charge in [-0.05, 0) is 23.4 Å². The van der Waals surface area contributed by atoms with Crippen molar-refractivity contribution < 1.29 is 9.53 Å². The molecule has 0 unspecified atom stereocenters. The number of ether oxygens (including phenoxy) is 1. The third kappa shape index (κ3) is 3.10. The monoisotopic (exact) mass is 244 g/mol. The largest absolute Gasteiger partial charge is 0.496 e. The van der Waals surface area contributed by atoms with Gasteiger partial charge in [-0.15, -0.1) is 0 Å². The van der Waals surface area contributed by atoms with Crippen molar-refractivity contribution >= 4 is 17.1 Å². The zero-order valence-electron chi connectivity index (χ0n) is 11.3. The molecule has 0 saturated carbocycles. The van der Waals surface area contributed by atoms with Gasteiger partial charge < -0.3 is 9.53 Å². The fraction of sp³-hybridized carbons (Fsp3) is 0.312. The van der Waals surface area contributed by atoms with Gasteiger partial charge >= 0.3 is 0 Å². The van der Waals surface area contributed by atoms with Gasteiger partial charge in [0.15, 0.2) is 0 Å². The third-order valence-corrected chi connectivity index (χ3v) is 2.73. The van der Waals surface area contributed by atoms with Gasteiger partial charge in [-0.3, -0.25) is 0 Å². The van der Waals surface area contributed by atoms with Crippen molar-refractivity contribution in [2.24, 2.45) is 0 Å². The summed E-state index contributed by atoms with van der Waals surface area (Å²) in [7, 11) is 1.67. The minimum absolute atomic E-state index is 0.566. The number of hydrogen-bond donors (Lipinski definition) is 0. The summed E-state index contributed by atoms with van der Waals surface area (Å²) in [5, 5.41) is 2.28. The molecule has 0 amide bonds. The Labute approximate surface area is 109 Å². The van der Waals surface area contributed by atoms with Crippen LogP contribution in [-0.4, -0.2) is 13.4 Å². The Kier molecular flexibility index (Phi) is 5.92. The molecule has 0 aromatic heterocycles. The summed E-state index contributed by atoms with van der Waals surface area (Å²) in [6.07, 6.45) is 2.31. The second-order valence-electron chi connectivity index (χ2n) is 3.68. The van der Waals surface area contributed by atoms with Crippen LogP contribution < -0.4 is 4.74 Å². The molecule has 96 valence electrons. The first-order chi connectivity index (χ1) is 8.86. The highest BCUT2D eigenvalue weighted by Gasteiger charge is 2.05. The summed E-state index contributed by atoms with van der Waals surface area (Å²) in [5.74, 6) is 0.880. The minimum Gasteiger partial charge on any atom is -0.496 e. The smallest absolute Gasteiger partial charge is 0.126 e. The molecule has 2 aromatic rings. The Morgan fingerprint density at radius 3 is 2.33 bits per heavy atom. The Morgan fingerprint density at radius 1 is 1.06 bits per heavy atom. The summed E-state index contributed by atoms with van der Waals surface area (Å²) < 4.78 is 5.32. The maximum Gasteiger partial charge on any atom is 0.126 e. The molecule has 2 heteroatoms. The van der Waals surface area contributed by atoms with Gasteiger partial charge in [-0.2, -0.15) is 0 Å². The molecule has 0 radical (unpaired) electrons. The van der Waals surface area contributed by atoms with E-state index in [1.54, 1.807) is 7.11 Å². The molecule has 0 heterocycles. The number of carbonyl (C=O) groups excluding carboxylic acids is 1. The zero-order valence-corrected chi connectivity index (χ0v) is 11.3. The number of rotatable bonds is 4. The number of aryl methyl sites for hydroxylation is 1. The van der Waals surface area contributed by atoms with Crippen LogP contribution in [0.2, 0.25) is 0 Å². The van der Waals surface area contributed by atoms with Crippen molar-refractivity contribution in [3.63, 3.8) is 0 Å². The summed E-state index contributed by atoms with van der Waals surface area (Å²) in [6.45, 7) is 4.00. The highest BCUT2D eigenvalue weighted by atomic mass is 16.5. The number of fused-ring (bicyclic) bond motifs is 1. The molecule has 0 bridgehead atoms. The first-order valence-corrected chi connectivity index (χ1v) is 6.35. The quantitative estimate of drug-likeness (QED) is 0.760. The van der Waals surface area contributed by atoms with E-state index >= 15 is 0 Å². The molecule has 0 fully saturated rings. The number of benzene rings is 2. The van der Waals surface area contributed by atoms with Gasteiger partial charge in [0.05, 0.1) is 7.11 Å². The van der Waals surface area contributed by atoms with E-state index in [0.29, 0.717) is 6.42 Å². The number of aldehydes is 1. The van der Waals surface area contributed by atoms with E-state index in [0.717, 1.165) is 23.8 Å². The molecular formula is C16H20O2. The molecule has 0 aliphatic rings. The second kappa shape index (κ2) is 7.49. The van der Waals surface area contributed by atoms with E-state index in [1.807, 2.05) is 44.2 Å². The molecule has 0 spiro atoms. The van der Waals surface area contributed by atoms with Crippen molar-refractivity contribution in [1.82, 2.24) is 0 Å². The number of carbonyl (C=O) groups is 1. The molecule has 0 aliphatic heterocycles. The van der Waals surface area contributed by atoms with Crippen molar-refractivity contribution in [3.05, 3.63) is 42.0 Å². The van der Waals surface area contributed by atoms with E-state index < -0.39 is 0 Å². The van der Waals surface area contributed by atoms with Gasteiger partial charge in [0.25, 0.3) is 0 Å². The van der Waals surface area contributed by atoms with E-state index in [-0.39, 0.29) is 0 Å². The van der Waals surface area contributed by atoms with Gasteiger partial charge in [-0.25, -0.2) is 0 Å². The molecule has 2 nitrogen and oxygen atoms in total. The third-order valence-electron chi connectivity index (χ3n) is 2.73. The van der Waals surface area contributed by atoms with Crippen LogP contribution in [0.5, 0.6) is 5.75 Å². The number of methoxy groups -OCH3 is 1. The first kappa shape index (κ1) is 14.2. The Bertz CT molecular complexity index is 503. The van der Waals surface area contributed by atoms with Gasteiger partial charge in [-0.1, -0.05) is 44.2 Å². The van der Waals surface area contributed by atoms with Crippen molar-refractivity contribution in [2.75, 3.05) is 7.11 Å². The number of hydrogen-bond acceptors (Lipinski definition) is 2. The minimum atomic E-state index is 0.566. The highest BCUT2D eigenvalue weighted by molar-refractivity contribution is 5.91. The average Bonchev–Trinajstić information content (AvgIpc) is 2.46. The fourth-order valence-electron chi connectivity index (χ4n) is 1.94. The molecule has 0 atom stereocenters. The molecule has 18 heavy (non-hydrogen) atoms. The molecule has 2 aromatic carbocycles. The first-order valence-electron chi connectivity index (χ1n) is 6.35. The van der Waals surface area contributed by atoms with E-state index in [9.17, 15) is 4.79 Å². The Morgan fingerprint density at radius 2 is 1.72 bits per heavy atom. The average molecular weight is 244 g/mol. The standard InChI is InChI=1S/C14H14O2.C2H6/c1-16-14-9-8-11(5-4-10-15)12-6-2-3-7-13(12)14;1-2/h2-3,6-10H,4-5H2,1H3;1-2H3. The van der Waals surface area contributed by atoms with Crippen LogP contribution >= 0.6 is 0 Å². The molecule has 0 saturated heterocycles. The van der Waals surface area contributed by atoms with Crippen LogP contribution in [0, 0.1) is 0 Å². The van der Waals surface area contributed by atoms with Crippen LogP contribution in [0.15, 0.2) is 36.4 Å². The Balaban J connectivity index is 0.000000771. The lowest BCUT2D eigenvalue weighted by atomic mass is 10.0. The summed E-state index contributed by atoms with van der Waals surface area (Å²) >= 11 is 0. The van der Waals surface area contributed by atoms with Crippen molar-refractivity contribution in [3.8, 4) is 5.75 Å². The molecule has 0 N–H and O–H groups in total. The van der Waals surface area contributed by atoms with E-state index in [2.05, 4.69) is 6.07 Å². The van der Waals surface area contributed by atoms with Crippen LogP contribution in [-0.2, 0) is 11.2 Å². The van der Waals surface area contributed by atoms with E-state index in [4.69, 9.17) is 4.74 Å². The van der Waals surface area contributed by atoms with Gasteiger partial charge in [0.2, 0.25) is 0 Å². The second-order valence-corrected chi connectivity index (χ2v) is 3.68. The van der Waals surface area contributed by atoms with Crippen LogP contribution in [0.25, 0.3) is 10.8 Å². The van der Waals surface area contributed by atoms with Crippen LogP contribution in [0.3, 0.4) is 0 Å². The lowest BCUT2D eigenvalue weighted by molar-refractivity contribution is -0.107. The normalized spacial score (nSPS) is 9.50. The van der Waals surface area contributed by atoms with Gasteiger partial charge in [0, 0.05) is 11.8 Å². The summed E-state index contributed by atoms with van der Waals surface area (Å²) in [6, 6.07) is 12.1.